The average molecular weight is 175 g/mol. The number of nitrogens with zero attached hydrogens (tertiary/aromatic N) is 2. The van der Waals surface area contributed by atoms with Crippen LogP contribution in [0.4, 0.5) is 0 Å². The molecule has 13 heavy (non-hydrogen) atoms. The SMILES string of the molecule is CN=CCC(=N)c1ccnc(C)c1. The quantitative estimate of drug-likeness (QED) is 0.700. The van der Waals surface area contributed by atoms with Gasteiger partial charge in [0.05, 0.1) is 0 Å². The number of aromatic nitrogens is 1. The zero-order chi connectivity index (χ0) is 9.68. The van der Waals surface area contributed by atoms with E-state index in [4.69, 9.17) is 5.41 Å². The predicted octanol–water partition coefficient (Wildman–Crippen LogP) is 1.85. The Bertz CT molecular complexity index is 329. The number of hydrogen-bond donors (Lipinski definition) is 1. The maximum atomic E-state index is 7.71. The fraction of sp³-hybridized carbons (Fsp3) is 0.300. The smallest absolute Gasteiger partial charge is 0.0440 e. The van der Waals surface area contributed by atoms with Gasteiger partial charge in [-0.2, -0.15) is 0 Å². The van der Waals surface area contributed by atoms with Gasteiger partial charge in [-0.05, 0) is 24.6 Å². The van der Waals surface area contributed by atoms with Gasteiger partial charge in [0, 0.05) is 37.3 Å². The molecule has 3 nitrogen and oxygen atoms in total. The molecule has 1 aromatic rings. The molecule has 1 rings (SSSR count). The van der Waals surface area contributed by atoms with Crippen molar-refractivity contribution in [3.8, 4) is 0 Å². The second-order valence-corrected chi connectivity index (χ2v) is 2.81. The Labute approximate surface area is 78.1 Å². The predicted molar refractivity (Wildman–Crippen MR) is 54.8 cm³/mol. The summed E-state index contributed by atoms with van der Waals surface area (Å²) in [5, 5.41) is 7.71. The molecule has 3 heteroatoms. The Hall–Kier alpha value is -1.51. The van der Waals surface area contributed by atoms with E-state index in [2.05, 4.69) is 9.98 Å². The maximum absolute atomic E-state index is 7.71. The molecule has 0 fully saturated rings. The van der Waals surface area contributed by atoms with E-state index in [0.29, 0.717) is 12.1 Å². The Morgan fingerprint density at radius 3 is 3.08 bits per heavy atom. The van der Waals surface area contributed by atoms with Crippen LogP contribution in [0.5, 0.6) is 0 Å². The third-order valence-electron chi connectivity index (χ3n) is 1.72. The minimum Gasteiger partial charge on any atom is -0.304 e. The number of aliphatic imine (C=N–C) groups is 1. The topological polar surface area (TPSA) is 49.1 Å². The first-order chi connectivity index (χ1) is 6.24. The van der Waals surface area contributed by atoms with Crippen LogP contribution >= 0.6 is 0 Å². The molecular formula is C10H13N3. The van der Waals surface area contributed by atoms with Crippen molar-refractivity contribution in [1.82, 2.24) is 4.98 Å². The van der Waals surface area contributed by atoms with Crippen molar-refractivity contribution in [3.63, 3.8) is 0 Å². The zero-order valence-electron chi connectivity index (χ0n) is 7.91. The van der Waals surface area contributed by atoms with E-state index in [-0.39, 0.29) is 0 Å². The Kier molecular flexibility index (Phi) is 3.31. The van der Waals surface area contributed by atoms with Crippen molar-refractivity contribution in [2.24, 2.45) is 4.99 Å². The molecule has 0 bridgehead atoms. The van der Waals surface area contributed by atoms with Crippen LogP contribution in [0.1, 0.15) is 17.7 Å². The Morgan fingerprint density at radius 2 is 2.46 bits per heavy atom. The monoisotopic (exact) mass is 175 g/mol. The molecule has 0 aliphatic heterocycles. The number of aryl methyl sites for hydroxylation is 1. The Balaban J connectivity index is 2.77. The lowest BCUT2D eigenvalue weighted by atomic mass is 10.1. The minimum absolute atomic E-state index is 0.580. The summed E-state index contributed by atoms with van der Waals surface area (Å²) in [6, 6.07) is 3.75. The van der Waals surface area contributed by atoms with Crippen molar-refractivity contribution < 1.29 is 0 Å². The van der Waals surface area contributed by atoms with Crippen LogP contribution in [0.25, 0.3) is 0 Å². The number of rotatable bonds is 3. The molecule has 0 aliphatic carbocycles. The van der Waals surface area contributed by atoms with Gasteiger partial charge in [0.25, 0.3) is 0 Å². The minimum atomic E-state index is 0.580. The molecule has 0 spiro atoms. The highest BCUT2D eigenvalue weighted by Gasteiger charge is 1.99. The highest BCUT2D eigenvalue weighted by Crippen LogP contribution is 2.03. The van der Waals surface area contributed by atoms with Gasteiger partial charge in [-0.15, -0.1) is 0 Å². The van der Waals surface area contributed by atoms with Gasteiger partial charge >= 0.3 is 0 Å². The Morgan fingerprint density at radius 1 is 1.69 bits per heavy atom. The van der Waals surface area contributed by atoms with Gasteiger partial charge in [0.2, 0.25) is 0 Å². The van der Waals surface area contributed by atoms with Gasteiger partial charge < -0.3 is 10.4 Å². The van der Waals surface area contributed by atoms with Crippen LogP contribution in [0, 0.1) is 12.3 Å². The van der Waals surface area contributed by atoms with E-state index >= 15 is 0 Å². The number of pyridine rings is 1. The standard InChI is InChI=1S/C10H13N3/c1-8-7-9(3-6-13-8)10(11)4-5-12-2/h3,5-7,11H,4H2,1-2H3. The third kappa shape index (κ3) is 2.78. The molecule has 0 radical (unpaired) electrons. The van der Waals surface area contributed by atoms with Crippen LogP contribution in [-0.2, 0) is 0 Å². The molecule has 0 aliphatic rings. The van der Waals surface area contributed by atoms with Crippen LogP contribution < -0.4 is 0 Å². The first-order valence-corrected chi connectivity index (χ1v) is 4.15. The lowest BCUT2D eigenvalue weighted by Gasteiger charge is -2.00. The number of nitrogens with one attached hydrogen (secondary N) is 1. The van der Waals surface area contributed by atoms with E-state index in [1.165, 1.54) is 0 Å². The third-order valence-corrected chi connectivity index (χ3v) is 1.72. The van der Waals surface area contributed by atoms with Crippen LogP contribution in [-0.4, -0.2) is 24.0 Å². The van der Waals surface area contributed by atoms with E-state index in [1.54, 1.807) is 19.5 Å². The van der Waals surface area contributed by atoms with Crippen LogP contribution in [0.3, 0.4) is 0 Å². The molecule has 1 heterocycles. The summed E-state index contributed by atoms with van der Waals surface area (Å²) in [5.74, 6) is 0. The second kappa shape index (κ2) is 4.50. The lowest BCUT2D eigenvalue weighted by molar-refractivity contribution is 1.19. The van der Waals surface area contributed by atoms with E-state index in [1.807, 2.05) is 19.1 Å². The van der Waals surface area contributed by atoms with Gasteiger partial charge in [-0.25, -0.2) is 0 Å². The molecule has 0 unspecified atom stereocenters. The van der Waals surface area contributed by atoms with Crippen molar-refractivity contribution in [2.75, 3.05) is 7.05 Å². The summed E-state index contributed by atoms with van der Waals surface area (Å²) in [5.41, 5.74) is 2.44. The van der Waals surface area contributed by atoms with Crippen LogP contribution in [0.15, 0.2) is 23.3 Å². The summed E-state index contributed by atoms with van der Waals surface area (Å²) in [6.45, 7) is 1.92. The molecule has 0 atom stereocenters. The molecule has 0 saturated heterocycles. The van der Waals surface area contributed by atoms with Crippen molar-refractivity contribution in [2.45, 2.75) is 13.3 Å². The molecule has 0 aromatic carbocycles. The average Bonchev–Trinajstić information content (AvgIpc) is 2.14. The van der Waals surface area contributed by atoms with Gasteiger partial charge in [0.15, 0.2) is 0 Å². The van der Waals surface area contributed by atoms with Crippen molar-refractivity contribution >= 4 is 11.9 Å². The lowest BCUT2D eigenvalue weighted by Crippen LogP contribution is -2.00. The first-order valence-electron chi connectivity index (χ1n) is 4.15. The van der Waals surface area contributed by atoms with Crippen LogP contribution in [0.2, 0.25) is 0 Å². The molecular weight excluding hydrogens is 162 g/mol. The molecule has 0 saturated carbocycles. The second-order valence-electron chi connectivity index (χ2n) is 2.81. The highest BCUT2D eigenvalue weighted by molar-refractivity contribution is 6.05. The molecule has 0 amide bonds. The van der Waals surface area contributed by atoms with Gasteiger partial charge in [0.1, 0.15) is 0 Å². The largest absolute Gasteiger partial charge is 0.304 e. The summed E-state index contributed by atoms with van der Waals surface area (Å²) in [7, 11) is 1.71. The summed E-state index contributed by atoms with van der Waals surface area (Å²) < 4.78 is 0. The molecule has 1 N–H and O–H groups in total. The maximum Gasteiger partial charge on any atom is 0.0440 e. The molecule has 68 valence electrons. The number of hydrogen-bond acceptors (Lipinski definition) is 3. The fourth-order valence-corrected chi connectivity index (χ4v) is 1.03. The molecule has 1 aromatic heterocycles. The summed E-state index contributed by atoms with van der Waals surface area (Å²) >= 11 is 0. The summed E-state index contributed by atoms with van der Waals surface area (Å²) in [6.07, 6.45) is 4.04. The highest BCUT2D eigenvalue weighted by atomic mass is 14.7. The fourth-order valence-electron chi connectivity index (χ4n) is 1.03. The van der Waals surface area contributed by atoms with Gasteiger partial charge in [-0.3, -0.25) is 4.98 Å². The van der Waals surface area contributed by atoms with E-state index in [9.17, 15) is 0 Å². The van der Waals surface area contributed by atoms with Gasteiger partial charge in [-0.1, -0.05) is 0 Å². The van der Waals surface area contributed by atoms with E-state index < -0.39 is 0 Å². The van der Waals surface area contributed by atoms with Crippen molar-refractivity contribution in [1.29, 1.82) is 5.41 Å². The first kappa shape index (κ1) is 9.58. The van der Waals surface area contributed by atoms with Crippen molar-refractivity contribution in [3.05, 3.63) is 29.6 Å². The summed E-state index contributed by atoms with van der Waals surface area (Å²) in [4.78, 5) is 7.91. The van der Waals surface area contributed by atoms with E-state index in [0.717, 1.165) is 11.3 Å². The zero-order valence-corrected chi connectivity index (χ0v) is 7.91. The normalized spacial score (nSPS) is 10.6.